The maximum absolute atomic E-state index is 11.6. The van der Waals surface area contributed by atoms with E-state index in [4.69, 9.17) is 11.6 Å². The largest absolute Gasteiger partial charge is 0.353 e. The molecular weight excluding hydrogens is 289 g/mol. The number of halogens is 2. The van der Waals surface area contributed by atoms with Gasteiger partial charge in [0.05, 0.1) is 6.42 Å². The van der Waals surface area contributed by atoms with Crippen molar-refractivity contribution < 1.29 is 4.79 Å². The lowest BCUT2D eigenvalue weighted by atomic mass is 10.1. The molecule has 0 fully saturated rings. The minimum absolute atomic E-state index is 0.0377. The van der Waals surface area contributed by atoms with Gasteiger partial charge in [0.15, 0.2) is 0 Å². The molecule has 0 aliphatic carbocycles. The van der Waals surface area contributed by atoms with E-state index in [1.54, 1.807) is 6.07 Å². The second kappa shape index (κ2) is 6.92. The minimum Gasteiger partial charge on any atom is -0.353 e. The van der Waals surface area contributed by atoms with Crippen LogP contribution in [0, 0.1) is 0 Å². The summed E-state index contributed by atoms with van der Waals surface area (Å²) in [7, 11) is 0. The number of alkyl halides is 1. The molecule has 0 aliphatic heterocycles. The molecule has 1 unspecified atom stereocenters. The topological polar surface area (TPSA) is 29.1 Å². The first-order valence-electron chi connectivity index (χ1n) is 5.21. The molecule has 1 aromatic carbocycles. The van der Waals surface area contributed by atoms with Gasteiger partial charge in [-0.1, -0.05) is 39.7 Å². The van der Waals surface area contributed by atoms with Gasteiger partial charge in [0.25, 0.3) is 0 Å². The monoisotopic (exact) mass is 303 g/mol. The molecule has 0 heterocycles. The number of nitrogens with one attached hydrogen (secondary N) is 1. The highest BCUT2D eigenvalue weighted by Crippen LogP contribution is 2.11. The molecule has 1 atom stereocenters. The van der Waals surface area contributed by atoms with Gasteiger partial charge in [0, 0.05) is 16.4 Å². The van der Waals surface area contributed by atoms with Crippen molar-refractivity contribution in [3.8, 4) is 0 Å². The summed E-state index contributed by atoms with van der Waals surface area (Å²) in [5.41, 5.74) is 0.941. The molecular formula is C12H15BrClNO. The van der Waals surface area contributed by atoms with Gasteiger partial charge in [0.2, 0.25) is 5.91 Å². The zero-order valence-corrected chi connectivity index (χ0v) is 11.5. The summed E-state index contributed by atoms with van der Waals surface area (Å²) < 4.78 is 0. The highest BCUT2D eigenvalue weighted by Gasteiger charge is 2.07. The molecule has 0 bridgehead atoms. The number of hydrogen-bond acceptors (Lipinski definition) is 1. The first-order chi connectivity index (χ1) is 7.61. The van der Waals surface area contributed by atoms with Crippen LogP contribution in [-0.4, -0.2) is 17.3 Å². The Bertz CT molecular complexity index is 357. The van der Waals surface area contributed by atoms with Gasteiger partial charge < -0.3 is 5.32 Å². The Morgan fingerprint density at radius 1 is 1.56 bits per heavy atom. The number of benzene rings is 1. The van der Waals surface area contributed by atoms with Crippen molar-refractivity contribution in [1.29, 1.82) is 0 Å². The molecule has 0 aromatic heterocycles. The predicted molar refractivity (Wildman–Crippen MR) is 71.2 cm³/mol. The first-order valence-corrected chi connectivity index (χ1v) is 6.71. The molecule has 0 spiro atoms. The van der Waals surface area contributed by atoms with Crippen molar-refractivity contribution in [1.82, 2.24) is 5.32 Å². The number of carbonyl (C=O) groups is 1. The number of rotatable bonds is 5. The van der Waals surface area contributed by atoms with Gasteiger partial charge in [-0.15, -0.1) is 0 Å². The molecule has 88 valence electrons. The highest BCUT2D eigenvalue weighted by molar-refractivity contribution is 9.09. The first kappa shape index (κ1) is 13.5. The van der Waals surface area contributed by atoms with Crippen LogP contribution in [0.2, 0.25) is 5.02 Å². The van der Waals surface area contributed by atoms with Crippen LogP contribution >= 0.6 is 27.5 Å². The Morgan fingerprint density at radius 2 is 2.31 bits per heavy atom. The van der Waals surface area contributed by atoms with Gasteiger partial charge in [-0.3, -0.25) is 4.79 Å². The summed E-state index contributed by atoms with van der Waals surface area (Å²) in [6, 6.07) is 7.58. The standard InChI is InChI=1S/C12H15BrClNO/c1-9(5-6-13)15-12(16)8-10-3-2-4-11(14)7-10/h2-4,7,9H,5-6,8H2,1H3,(H,15,16). The Hall–Kier alpha value is -0.540. The maximum Gasteiger partial charge on any atom is 0.224 e. The molecule has 1 aromatic rings. The quantitative estimate of drug-likeness (QED) is 0.832. The van der Waals surface area contributed by atoms with E-state index in [0.717, 1.165) is 17.3 Å². The zero-order valence-electron chi connectivity index (χ0n) is 9.17. The van der Waals surface area contributed by atoms with Crippen molar-refractivity contribution >= 4 is 33.4 Å². The lowest BCUT2D eigenvalue weighted by Crippen LogP contribution is -2.33. The van der Waals surface area contributed by atoms with Gasteiger partial charge >= 0.3 is 0 Å². The summed E-state index contributed by atoms with van der Waals surface area (Å²) in [5.74, 6) is 0.0377. The molecule has 0 saturated carbocycles. The van der Waals surface area contributed by atoms with E-state index in [0.29, 0.717) is 11.4 Å². The van der Waals surface area contributed by atoms with Crippen molar-refractivity contribution in [2.24, 2.45) is 0 Å². The second-order valence-electron chi connectivity index (χ2n) is 3.75. The van der Waals surface area contributed by atoms with E-state index in [9.17, 15) is 4.79 Å². The van der Waals surface area contributed by atoms with Gasteiger partial charge in [-0.05, 0) is 31.0 Å². The molecule has 4 heteroatoms. The Kier molecular flexibility index (Phi) is 5.85. The number of carbonyl (C=O) groups excluding carboxylic acids is 1. The van der Waals surface area contributed by atoms with Gasteiger partial charge in [-0.2, -0.15) is 0 Å². The van der Waals surface area contributed by atoms with Crippen molar-refractivity contribution in [3.63, 3.8) is 0 Å². The molecule has 0 aliphatic rings. The Morgan fingerprint density at radius 3 is 2.94 bits per heavy atom. The SMILES string of the molecule is CC(CCBr)NC(=O)Cc1cccc(Cl)c1. The van der Waals surface area contributed by atoms with E-state index in [1.807, 2.05) is 25.1 Å². The van der Waals surface area contributed by atoms with Crippen LogP contribution < -0.4 is 5.32 Å². The van der Waals surface area contributed by atoms with Crippen molar-refractivity contribution in [3.05, 3.63) is 34.9 Å². The number of hydrogen-bond donors (Lipinski definition) is 1. The van der Waals surface area contributed by atoms with Crippen LogP contribution in [0.1, 0.15) is 18.9 Å². The van der Waals surface area contributed by atoms with E-state index in [2.05, 4.69) is 21.2 Å². The third kappa shape index (κ3) is 4.99. The fourth-order valence-electron chi connectivity index (χ4n) is 1.39. The minimum atomic E-state index is 0.0377. The number of amides is 1. The van der Waals surface area contributed by atoms with Crippen molar-refractivity contribution in [2.75, 3.05) is 5.33 Å². The van der Waals surface area contributed by atoms with E-state index in [-0.39, 0.29) is 11.9 Å². The fourth-order valence-corrected chi connectivity index (χ4v) is 2.29. The average Bonchev–Trinajstić information content (AvgIpc) is 2.17. The zero-order chi connectivity index (χ0) is 12.0. The average molecular weight is 305 g/mol. The molecule has 1 rings (SSSR count). The van der Waals surface area contributed by atoms with Gasteiger partial charge in [0.1, 0.15) is 0 Å². The highest BCUT2D eigenvalue weighted by atomic mass is 79.9. The lowest BCUT2D eigenvalue weighted by molar-refractivity contribution is -0.121. The van der Waals surface area contributed by atoms with E-state index in [1.165, 1.54) is 0 Å². The van der Waals surface area contributed by atoms with Crippen LogP contribution in [0.3, 0.4) is 0 Å². The summed E-state index contributed by atoms with van der Waals surface area (Å²) in [4.78, 5) is 11.6. The molecule has 1 N–H and O–H groups in total. The molecule has 16 heavy (non-hydrogen) atoms. The van der Waals surface area contributed by atoms with Crippen LogP contribution in [0.15, 0.2) is 24.3 Å². The fraction of sp³-hybridized carbons (Fsp3) is 0.417. The maximum atomic E-state index is 11.6. The summed E-state index contributed by atoms with van der Waals surface area (Å²) in [6.45, 7) is 2.00. The van der Waals surface area contributed by atoms with Crippen LogP contribution in [0.4, 0.5) is 0 Å². The molecule has 2 nitrogen and oxygen atoms in total. The summed E-state index contributed by atoms with van der Waals surface area (Å²) in [5, 5.41) is 4.50. The van der Waals surface area contributed by atoms with Crippen LogP contribution in [0.25, 0.3) is 0 Å². The molecule has 1 amide bonds. The van der Waals surface area contributed by atoms with Gasteiger partial charge in [-0.25, -0.2) is 0 Å². The predicted octanol–water partition coefficient (Wildman–Crippen LogP) is 3.17. The summed E-state index contributed by atoms with van der Waals surface area (Å²) >= 11 is 9.19. The van der Waals surface area contributed by atoms with Crippen LogP contribution in [-0.2, 0) is 11.2 Å². The molecule has 0 saturated heterocycles. The van der Waals surface area contributed by atoms with Crippen molar-refractivity contribution in [2.45, 2.75) is 25.8 Å². The molecule has 0 radical (unpaired) electrons. The normalized spacial score (nSPS) is 12.2. The van der Waals surface area contributed by atoms with Crippen LogP contribution in [0.5, 0.6) is 0 Å². The summed E-state index contributed by atoms with van der Waals surface area (Å²) in [6.07, 6.45) is 1.31. The smallest absolute Gasteiger partial charge is 0.224 e. The lowest BCUT2D eigenvalue weighted by Gasteiger charge is -2.12. The second-order valence-corrected chi connectivity index (χ2v) is 4.98. The van der Waals surface area contributed by atoms with E-state index >= 15 is 0 Å². The Labute approximate surface area is 110 Å². The third-order valence-corrected chi connectivity index (χ3v) is 2.90. The van der Waals surface area contributed by atoms with E-state index < -0.39 is 0 Å². The Balaban J connectivity index is 2.45. The third-order valence-electron chi connectivity index (χ3n) is 2.20.